The van der Waals surface area contributed by atoms with Gasteiger partial charge in [0.25, 0.3) is 0 Å². The largest absolute Gasteiger partial charge is 0.334 e. The summed E-state index contributed by atoms with van der Waals surface area (Å²) in [6.07, 6.45) is 17.0. The molecule has 0 aliphatic heterocycles. The summed E-state index contributed by atoms with van der Waals surface area (Å²) in [5, 5.41) is 2.70. The minimum Gasteiger partial charge on any atom is -0.334 e. The fourth-order valence-electron chi connectivity index (χ4n) is 10.8. The number of hydrogen-bond donors (Lipinski definition) is 0. The van der Waals surface area contributed by atoms with Crippen LogP contribution in [0.25, 0.3) is 38.6 Å². The fourth-order valence-corrected chi connectivity index (χ4v) is 10.8. The molecule has 7 aromatic carbocycles. The van der Waals surface area contributed by atoms with Gasteiger partial charge in [-0.25, -0.2) is 0 Å². The van der Waals surface area contributed by atoms with Crippen molar-refractivity contribution in [2.24, 2.45) is 0 Å². The number of benzene rings is 7. The molecule has 1 nitrogen and oxygen atoms in total. The lowest BCUT2D eigenvalue weighted by atomic mass is 9.72. The number of anilines is 2. The van der Waals surface area contributed by atoms with Crippen LogP contribution < -0.4 is 4.90 Å². The van der Waals surface area contributed by atoms with E-state index < -0.39 is 0 Å². The SMILES string of the molecule is CC1(C)C2=C(C=CC(N(c3ccc(-c4ccccc4)cc3)c3ccccc3C3C=CC=CC3)C2)c2c(C3Cc4c(ccc5ccccc45)-c4ccccc43)cccc21. The van der Waals surface area contributed by atoms with Crippen LogP contribution in [0.4, 0.5) is 11.4 Å². The van der Waals surface area contributed by atoms with Crippen LogP contribution in [-0.2, 0) is 11.8 Å². The van der Waals surface area contributed by atoms with Crippen molar-refractivity contribution in [2.75, 3.05) is 4.90 Å². The summed E-state index contributed by atoms with van der Waals surface area (Å²) in [5.41, 5.74) is 19.3. The van der Waals surface area contributed by atoms with Gasteiger partial charge in [0.1, 0.15) is 0 Å². The van der Waals surface area contributed by atoms with Crippen LogP contribution in [0.2, 0.25) is 0 Å². The number of fused-ring (bicyclic) bond motifs is 7. The average molecular weight is 746 g/mol. The molecule has 0 bridgehead atoms. The molecule has 7 aromatic rings. The highest BCUT2D eigenvalue weighted by Crippen LogP contribution is 2.55. The number of allylic oxidation sites excluding steroid dienone is 6. The molecule has 0 saturated heterocycles. The lowest BCUT2D eigenvalue weighted by molar-refractivity contribution is 0.584. The lowest BCUT2D eigenvalue weighted by Gasteiger charge is -2.38. The Morgan fingerprint density at radius 3 is 2.16 bits per heavy atom. The van der Waals surface area contributed by atoms with E-state index in [-0.39, 0.29) is 17.4 Å². The molecule has 0 fully saturated rings. The first-order chi connectivity index (χ1) is 28.5. The Balaban J connectivity index is 1.02. The maximum atomic E-state index is 2.63. The number of nitrogens with zero attached hydrogens (tertiary/aromatic N) is 1. The van der Waals surface area contributed by atoms with Gasteiger partial charge in [0, 0.05) is 28.6 Å². The molecule has 58 heavy (non-hydrogen) atoms. The molecule has 1 heteroatoms. The summed E-state index contributed by atoms with van der Waals surface area (Å²) in [7, 11) is 0. The van der Waals surface area contributed by atoms with E-state index in [1.165, 1.54) is 83.4 Å². The molecule has 0 aromatic heterocycles. The molecule has 0 saturated carbocycles. The Kier molecular flexibility index (Phi) is 8.33. The average Bonchev–Trinajstić information content (AvgIpc) is 3.52. The zero-order chi connectivity index (χ0) is 38.8. The second-order valence-electron chi connectivity index (χ2n) is 17.1. The Hall–Kier alpha value is -6.44. The van der Waals surface area contributed by atoms with Crippen molar-refractivity contribution in [1.82, 2.24) is 0 Å². The molecule has 0 spiro atoms. The lowest BCUT2D eigenvalue weighted by Crippen LogP contribution is -2.34. The summed E-state index contributed by atoms with van der Waals surface area (Å²) in [5.74, 6) is 0.604. The van der Waals surface area contributed by atoms with Crippen molar-refractivity contribution < 1.29 is 0 Å². The van der Waals surface area contributed by atoms with E-state index in [2.05, 4.69) is 213 Å². The van der Waals surface area contributed by atoms with Gasteiger partial charge < -0.3 is 4.90 Å². The first-order valence-corrected chi connectivity index (χ1v) is 21.1. The Morgan fingerprint density at radius 1 is 0.569 bits per heavy atom. The second-order valence-corrected chi connectivity index (χ2v) is 17.1. The van der Waals surface area contributed by atoms with E-state index in [4.69, 9.17) is 0 Å². The molecule has 280 valence electrons. The van der Waals surface area contributed by atoms with Gasteiger partial charge in [-0.1, -0.05) is 190 Å². The van der Waals surface area contributed by atoms with Crippen molar-refractivity contribution in [1.29, 1.82) is 0 Å². The topological polar surface area (TPSA) is 3.24 Å². The normalized spacial score (nSPS) is 19.7. The first kappa shape index (κ1) is 34.8. The fraction of sp³-hybridized carbons (Fsp3) is 0.158. The van der Waals surface area contributed by atoms with Crippen LogP contribution in [0.1, 0.15) is 71.9 Å². The van der Waals surface area contributed by atoms with Crippen LogP contribution in [0, 0.1) is 0 Å². The van der Waals surface area contributed by atoms with Gasteiger partial charge in [0.15, 0.2) is 0 Å². The van der Waals surface area contributed by atoms with E-state index in [0.717, 1.165) is 19.3 Å². The van der Waals surface area contributed by atoms with Gasteiger partial charge in [-0.15, -0.1) is 0 Å². The molecule has 3 unspecified atom stereocenters. The van der Waals surface area contributed by atoms with Crippen molar-refractivity contribution in [2.45, 2.75) is 56.4 Å². The van der Waals surface area contributed by atoms with Crippen LogP contribution >= 0.6 is 0 Å². The van der Waals surface area contributed by atoms with Gasteiger partial charge in [0.2, 0.25) is 0 Å². The van der Waals surface area contributed by atoms with Crippen LogP contribution in [0.15, 0.2) is 200 Å². The molecular formula is C57H47N. The number of rotatable bonds is 6. The minimum absolute atomic E-state index is 0.109. The number of para-hydroxylation sites is 1. The van der Waals surface area contributed by atoms with E-state index in [1.54, 1.807) is 5.57 Å². The van der Waals surface area contributed by atoms with Crippen LogP contribution in [-0.4, -0.2) is 6.04 Å². The van der Waals surface area contributed by atoms with Crippen molar-refractivity contribution in [3.8, 4) is 22.3 Å². The standard InChI is InChI=1S/C57H47N/c1-57(2)53-26-15-25-49(52-37-51-44-21-10-9-20-41(44)30-34-48(51)46-23-11-12-24-47(46)52)56(53)50-35-33-43(36-54(50)57)58(42-31-28-39(29-32-42)38-16-5-3-6-17-38)55-27-14-13-22-45(55)40-18-7-4-8-19-40/h3-18,20-35,40,43,52H,19,36-37H2,1-2H3. The molecule has 0 amide bonds. The van der Waals surface area contributed by atoms with Gasteiger partial charge in [-0.05, 0) is 115 Å². The second kappa shape index (κ2) is 13.9. The Labute approximate surface area is 343 Å². The van der Waals surface area contributed by atoms with Crippen molar-refractivity contribution >= 4 is 27.7 Å². The summed E-state index contributed by atoms with van der Waals surface area (Å²) in [6.45, 7) is 4.94. The Bertz CT molecular complexity index is 2850. The van der Waals surface area contributed by atoms with E-state index >= 15 is 0 Å². The minimum atomic E-state index is -0.109. The maximum Gasteiger partial charge on any atom is 0.0563 e. The van der Waals surface area contributed by atoms with Gasteiger partial charge in [-0.3, -0.25) is 0 Å². The summed E-state index contributed by atoms with van der Waals surface area (Å²) in [6, 6.07) is 59.2. The Morgan fingerprint density at radius 2 is 1.31 bits per heavy atom. The van der Waals surface area contributed by atoms with Gasteiger partial charge >= 0.3 is 0 Å². The van der Waals surface area contributed by atoms with Crippen LogP contribution in [0.3, 0.4) is 0 Å². The zero-order valence-electron chi connectivity index (χ0n) is 33.3. The highest BCUT2D eigenvalue weighted by atomic mass is 15.2. The third-order valence-corrected chi connectivity index (χ3v) is 13.6. The molecular weight excluding hydrogens is 699 g/mol. The summed E-state index contributed by atoms with van der Waals surface area (Å²) in [4.78, 5) is 2.63. The van der Waals surface area contributed by atoms with E-state index in [9.17, 15) is 0 Å². The zero-order valence-corrected chi connectivity index (χ0v) is 33.3. The predicted molar refractivity (Wildman–Crippen MR) is 245 cm³/mol. The van der Waals surface area contributed by atoms with Gasteiger partial charge in [0.05, 0.1) is 6.04 Å². The third-order valence-electron chi connectivity index (χ3n) is 13.6. The quantitative estimate of drug-likeness (QED) is 0.164. The molecule has 11 rings (SSSR count). The number of hydrogen-bond acceptors (Lipinski definition) is 1. The molecule has 0 N–H and O–H groups in total. The van der Waals surface area contributed by atoms with Gasteiger partial charge in [-0.2, -0.15) is 0 Å². The van der Waals surface area contributed by atoms with Crippen molar-refractivity contribution in [3.63, 3.8) is 0 Å². The predicted octanol–water partition coefficient (Wildman–Crippen LogP) is 14.7. The van der Waals surface area contributed by atoms with E-state index in [1.807, 2.05) is 0 Å². The molecule has 0 radical (unpaired) electrons. The molecule has 4 aliphatic carbocycles. The molecule has 0 heterocycles. The van der Waals surface area contributed by atoms with E-state index in [0.29, 0.717) is 5.92 Å². The highest BCUT2D eigenvalue weighted by molar-refractivity contribution is 5.95. The van der Waals surface area contributed by atoms with Crippen molar-refractivity contribution in [3.05, 3.63) is 233 Å². The highest BCUT2D eigenvalue weighted by Gasteiger charge is 2.43. The molecule has 3 atom stereocenters. The maximum absolute atomic E-state index is 2.63. The smallest absolute Gasteiger partial charge is 0.0563 e. The van der Waals surface area contributed by atoms with Crippen LogP contribution in [0.5, 0.6) is 0 Å². The first-order valence-electron chi connectivity index (χ1n) is 21.1. The summed E-state index contributed by atoms with van der Waals surface area (Å²) >= 11 is 0. The summed E-state index contributed by atoms with van der Waals surface area (Å²) < 4.78 is 0. The third kappa shape index (κ3) is 5.59. The monoisotopic (exact) mass is 745 g/mol. The molecule has 4 aliphatic rings.